The lowest BCUT2D eigenvalue weighted by molar-refractivity contribution is -0.131. The fourth-order valence-corrected chi connectivity index (χ4v) is 5.09. The number of carbonyl (C=O) groups excluding carboxylic acids is 2. The maximum Gasteiger partial charge on any atom is 0.225 e. The van der Waals surface area contributed by atoms with Gasteiger partial charge in [0.1, 0.15) is 0 Å². The number of rotatable bonds is 3. The Morgan fingerprint density at radius 2 is 1.93 bits per heavy atom. The van der Waals surface area contributed by atoms with E-state index in [4.69, 9.17) is 5.73 Å². The summed E-state index contributed by atoms with van der Waals surface area (Å²) in [6, 6.07) is 6.36. The van der Waals surface area contributed by atoms with Crippen molar-refractivity contribution in [2.24, 2.45) is 11.8 Å². The van der Waals surface area contributed by atoms with E-state index >= 15 is 0 Å². The average molecular weight is 406 g/mol. The summed E-state index contributed by atoms with van der Waals surface area (Å²) in [5.41, 5.74) is 9.11. The SMILES string of the molecule is CC1CCC(N2CC(C(=O)NC3CCCc4cc(N)ccc43)CC2=O)CC1.Cl. The average Bonchev–Trinajstić information content (AvgIpc) is 3.04. The number of nitrogens with zero attached hydrogens (tertiary/aromatic N) is 1. The number of amides is 2. The van der Waals surface area contributed by atoms with Crippen molar-refractivity contribution in [1.82, 2.24) is 10.2 Å². The van der Waals surface area contributed by atoms with Crippen LogP contribution in [0.25, 0.3) is 0 Å². The summed E-state index contributed by atoms with van der Waals surface area (Å²) in [5, 5.41) is 3.23. The van der Waals surface area contributed by atoms with Crippen LogP contribution in [0.2, 0.25) is 0 Å². The van der Waals surface area contributed by atoms with Crippen molar-refractivity contribution in [3.05, 3.63) is 29.3 Å². The molecule has 2 fully saturated rings. The van der Waals surface area contributed by atoms with E-state index in [2.05, 4.69) is 12.2 Å². The number of anilines is 1. The van der Waals surface area contributed by atoms with Crippen molar-refractivity contribution in [1.29, 1.82) is 0 Å². The third kappa shape index (κ3) is 4.29. The quantitative estimate of drug-likeness (QED) is 0.754. The summed E-state index contributed by atoms with van der Waals surface area (Å²) in [6.45, 7) is 2.87. The van der Waals surface area contributed by atoms with Crippen molar-refractivity contribution in [3.63, 3.8) is 0 Å². The van der Waals surface area contributed by atoms with Gasteiger partial charge in [-0.05, 0) is 74.1 Å². The number of carbonyl (C=O) groups is 2. The van der Waals surface area contributed by atoms with Gasteiger partial charge < -0.3 is 16.0 Å². The van der Waals surface area contributed by atoms with Gasteiger partial charge in [0, 0.05) is 24.7 Å². The van der Waals surface area contributed by atoms with Gasteiger partial charge in [-0.2, -0.15) is 0 Å². The molecule has 0 radical (unpaired) electrons. The topological polar surface area (TPSA) is 75.4 Å². The van der Waals surface area contributed by atoms with Gasteiger partial charge in [-0.15, -0.1) is 12.4 Å². The van der Waals surface area contributed by atoms with Crippen molar-refractivity contribution in [2.75, 3.05) is 12.3 Å². The molecule has 5 nitrogen and oxygen atoms in total. The largest absolute Gasteiger partial charge is 0.399 e. The zero-order valence-corrected chi connectivity index (χ0v) is 17.5. The first kappa shape index (κ1) is 21.0. The van der Waals surface area contributed by atoms with E-state index in [9.17, 15) is 9.59 Å². The molecule has 3 N–H and O–H groups in total. The first-order chi connectivity index (χ1) is 13.0. The summed E-state index contributed by atoms with van der Waals surface area (Å²) in [5.74, 6) is 0.741. The van der Waals surface area contributed by atoms with E-state index in [0.29, 0.717) is 19.0 Å². The summed E-state index contributed by atoms with van der Waals surface area (Å²) < 4.78 is 0. The highest BCUT2D eigenvalue weighted by Crippen LogP contribution is 2.33. The second-order valence-electron chi connectivity index (χ2n) is 8.77. The Labute approximate surface area is 173 Å². The predicted octanol–water partition coefficient (Wildman–Crippen LogP) is 3.61. The van der Waals surface area contributed by atoms with Gasteiger partial charge in [0.15, 0.2) is 0 Å². The van der Waals surface area contributed by atoms with E-state index in [0.717, 1.165) is 43.7 Å². The zero-order chi connectivity index (χ0) is 19.0. The molecule has 6 heteroatoms. The molecule has 1 saturated carbocycles. The van der Waals surface area contributed by atoms with Crippen LogP contribution in [0, 0.1) is 11.8 Å². The van der Waals surface area contributed by atoms with Gasteiger partial charge in [-0.3, -0.25) is 9.59 Å². The number of hydrogen-bond acceptors (Lipinski definition) is 3. The normalized spacial score (nSPS) is 29.8. The lowest BCUT2D eigenvalue weighted by atomic mass is 9.86. The van der Waals surface area contributed by atoms with Crippen LogP contribution in [0.15, 0.2) is 18.2 Å². The lowest BCUT2D eigenvalue weighted by Gasteiger charge is -2.33. The molecule has 1 aromatic carbocycles. The Morgan fingerprint density at radius 3 is 2.68 bits per heavy atom. The van der Waals surface area contributed by atoms with Crippen LogP contribution in [0.5, 0.6) is 0 Å². The van der Waals surface area contributed by atoms with E-state index in [-0.39, 0.29) is 36.2 Å². The zero-order valence-electron chi connectivity index (χ0n) is 16.7. The molecule has 3 aliphatic rings. The number of fused-ring (bicyclic) bond motifs is 1. The number of likely N-dealkylation sites (tertiary alicyclic amines) is 1. The van der Waals surface area contributed by atoms with Crippen LogP contribution in [0.1, 0.15) is 69.0 Å². The minimum absolute atomic E-state index is 0. The van der Waals surface area contributed by atoms with E-state index < -0.39 is 0 Å². The molecule has 0 bridgehead atoms. The Kier molecular flexibility index (Phi) is 6.54. The monoisotopic (exact) mass is 405 g/mol. The molecule has 1 heterocycles. The molecule has 154 valence electrons. The molecule has 2 amide bonds. The van der Waals surface area contributed by atoms with Gasteiger partial charge in [0.25, 0.3) is 0 Å². The summed E-state index contributed by atoms with van der Waals surface area (Å²) in [6.07, 6.45) is 7.92. The Hall–Kier alpha value is -1.75. The Bertz CT molecular complexity index is 730. The van der Waals surface area contributed by atoms with Gasteiger partial charge in [0.2, 0.25) is 11.8 Å². The van der Waals surface area contributed by atoms with Gasteiger partial charge in [-0.25, -0.2) is 0 Å². The van der Waals surface area contributed by atoms with E-state index in [1.54, 1.807) is 0 Å². The second kappa shape index (κ2) is 8.73. The fourth-order valence-electron chi connectivity index (χ4n) is 5.09. The first-order valence-corrected chi connectivity index (χ1v) is 10.5. The molecule has 0 spiro atoms. The molecule has 0 aromatic heterocycles. The van der Waals surface area contributed by atoms with Crippen LogP contribution in [0.3, 0.4) is 0 Å². The summed E-state index contributed by atoms with van der Waals surface area (Å²) >= 11 is 0. The molecule has 1 saturated heterocycles. The molecular weight excluding hydrogens is 374 g/mol. The van der Waals surface area contributed by atoms with E-state index in [1.807, 2.05) is 23.1 Å². The Morgan fingerprint density at radius 1 is 1.18 bits per heavy atom. The van der Waals surface area contributed by atoms with Crippen LogP contribution in [-0.4, -0.2) is 29.3 Å². The third-order valence-corrected chi connectivity index (χ3v) is 6.75. The number of benzene rings is 1. The molecular formula is C22H32ClN3O2. The fraction of sp³-hybridized carbons (Fsp3) is 0.636. The van der Waals surface area contributed by atoms with Crippen LogP contribution >= 0.6 is 12.4 Å². The van der Waals surface area contributed by atoms with Gasteiger partial charge >= 0.3 is 0 Å². The Balaban J connectivity index is 0.00000225. The van der Waals surface area contributed by atoms with Crippen LogP contribution in [-0.2, 0) is 16.0 Å². The molecule has 4 rings (SSSR count). The van der Waals surface area contributed by atoms with Crippen molar-refractivity contribution < 1.29 is 9.59 Å². The minimum Gasteiger partial charge on any atom is -0.399 e. The third-order valence-electron chi connectivity index (χ3n) is 6.75. The van der Waals surface area contributed by atoms with Crippen molar-refractivity contribution in [3.8, 4) is 0 Å². The maximum absolute atomic E-state index is 12.9. The molecule has 2 unspecified atom stereocenters. The van der Waals surface area contributed by atoms with Crippen LogP contribution < -0.4 is 11.1 Å². The summed E-state index contributed by atoms with van der Waals surface area (Å²) in [4.78, 5) is 27.4. The smallest absolute Gasteiger partial charge is 0.225 e. The number of aryl methyl sites for hydroxylation is 1. The number of nitrogens with two attached hydrogens (primary N) is 1. The molecule has 28 heavy (non-hydrogen) atoms. The standard InChI is InChI=1S/C22H31N3O2.ClH/c1-14-5-8-18(9-6-14)25-13-16(12-21(25)26)22(27)24-20-4-2-3-15-11-17(23)7-10-19(15)20;/h7,10-11,14,16,18,20H,2-6,8-9,12-13,23H2,1H3,(H,24,27);1H. The number of nitrogen functional groups attached to an aromatic ring is 1. The summed E-state index contributed by atoms with van der Waals surface area (Å²) in [7, 11) is 0. The highest BCUT2D eigenvalue weighted by Gasteiger charge is 2.39. The highest BCUT2D eigenvalue weighted by atomic mass is 35.5. The van der Waals surface area contributed by atoms with Gasteiger partial charge in [0.05, 0.1) is 12.0 Å². The number of nitrogens with one attached hydrogen (secondary N) is 1. The van der Waals surface area contributed by atoms with Crippen LogP contribution in [0.4, 0.5) is 5.69 Å². The van der Waals surface area contributed by atoms with Crippen molar-refractivity contribution >= 4 is 29.9 Å². The van der Waals surface area contributed by atoms with Gasteiger partial charge in [-0.1, -0.05) is 13.0 Å². The van der Waals surface area contributed by atoms with Crippen molar-refractivity contribution in [2.45, 2.75) is 70.4 Å². The minimum atomic E-state index is -0.212. The number of hydrogen-bond donors (Lipinski definition) is 2. The molecule has 1 aliphatic heterocycles. The maximum atomic E-state index is 12.9. The molecule has 2 atom stereocenters. The highest BCUT2D eigenvalue weighted by molar-refractivity contribution is 5.89. The number of halogens is 1. The van der Waals surface area contributed by atoms with E-state index in [1.165, 1.54) is 24.0 Å². The lowest BCUT2D eigenvalue weighted by Crippen LogP contribution is -2.40. The molecule has 1 aromatic rings. The second-order valence-corrected chi connectivity index (χ2v) is 8.77. The molecule has 2 aliphatic carbocycles. The predicted molar refractivity (Wildman–Crippen MR) is 113 cm³/mol. The first-order valence-electron chi connectivity index (χ1n) is 10.5.